The fraction of sp³-hybridized carbons (Fsp3) is 0.412. The molecule has 0 aliphatic heterocycles. The van der Waals surface area contributed by atoms with Crippen LogP contribution in [-0.2, 0) is 26.6 Å². The summed E-state index contributed by atoms with van der Waals surface area (Å²) >= 11 is 0.779. The van der Waals surface area contributed by atoms with Crippen molar-refractivity contribution in [2.45, 2.75) is 47.9 Å². The van der Waals surface area contributed by atoms with Crippen LogP contribution in [0.3, 0.4) is 0 Å². The Morgan fingerprint density at radius 3 is 2.56 bits per heavy atom. The minimum Gasteiger partial charge on any atom is -0.310 e. The molecule has 0 amide bonds. The molecule has 0 spiro atoms. The lowest BCUT2D eigenvalue weighted by molar-refractivity contribution is 0.488. The molecule has 2 aromatic rings. The molecule has 1 aromatic heterocycles. The molecule has 1 saturated carbocycles. The zero-order valence-corrected chi connectivity index (χ0v) is 17.3. The van der Waals surface area contributed by atoms with Gasteiger partial charge < -0.3 is 5.32 Å². The first kappa shape index (κ1) is 20.3. The van der Waals surface area contributed by atoms with Gasteiger partial charge in [0.15, 0.2) is 0 Å². The van der Waals surface area contributed by atoms with Crippen LogP contribution in [-0.4, -0.2) is 22.9 Å². The molecule has 148 valence electrons. The zero-order chi connectivity index (χ0) is 19.7. The first-order valence-electron chi connectivity index (χ1n) is 8.60. The van der Waals surface area contributed by atoms with Crippen molar-refractivity contribution in [3.63, 3.8) is 0 Å². The van der Waals surface area contributed by atoms with Crippen molar-refractivity contribution in [2.24, 2.45) is 11.1 Å². The fourth-order valence-electron chi connectivity index (χ4n) is 2.79. The second kappa shape index (κ2) is 7.88. The molecule has 1 aromatic carbocycles. The highest BCUT2D eigenvalue weighted by molar-refractivity contribution is 7.93. The van der Waals surface area contributed by atoms with Gasteiger partial charge in [0.2, 0.25) is 10.0 Å². The third-order valence-electron chi connectivity index (χ3n) is 4.43. The summed E-state index contributed by atoms with van der Waals surface area (Å²) in [6, 6.07) is 8.57. The largest absolute Gasteiger partial charge is 0.310 e. The van der Waals surface area contributed by atoms with E-state index in [0.717, 1.165) is 35.3 Å². The second-order valence-corrected chi connectivity index (χ2v) is 11.3. The van der Waals surface area contributed by atoms with Crippen LogP contribution in [0.2, 0.25) is 0 Å². The third-order valence-corrected chi connectivity index (χ3v) is 8.31. The first-order valence-corrected chi connectivity index (χ1v) is 12.5. The minimum absolute atomic E-state index is 0.124. The summed E-state index contributed by atoms with van der Waals surface area (Å²) in [6.07, 6.45) is 3.71. The van der Waals surface area contributed by atoms with Gasteiger partial charge in [0.05, 0.1) is 10.6 Å². The first-order chi connectivity index (χ1) is 12.6. The standard InChI is InChI=1S/C17H23N3O4S3/c1-12(8-13-6-7-13)19-10-14-4-2-3-5-16(14)20-27(23,24)15-9-17(25-11-15)26(18,21)22/h2-5,9,11-13,19-20H,6-8,10H2,1H3,(H2,18,21,22). The molecule has 0 saturated heterocycles. The van der Waals surface area contributed by atoms with Gasteiger partial charge in [-0.1, -0.05) is 31.0 Å². The van der Waals surface area contributed by atoms with Crippen LogP contribution in [0.1, 0.15) is 31.7 Å². The summed E-state index contributed by atoms with van der Waals surface area (Å²) in [4.78, 5) is -0.124. The van der Waals surface area contributed by atoms with Gasteiger partial charge in [-0.05, 0) is 37.0 Å². The molecular formula is C17H23N3O4S3. The molecular weight excluding hydrogens is 406 g/mol. The van der Waals surface area contributed by atoms with Crippen LogP contribution < -0.4 is 15.2 Å². The van der Waals surface area contributed by atoms with Crippen LogP contribution >= 0.6 is 11.3 Å². The Hall–Kier alpha value is -1.46. The SMILES string of the molecule is CC(CC1CC1)NCc1ccccc1NS(=O)(=O)c1csc(S(N)(=O)=O)c1. The lowest BCUT2D eigenvalue weighted by atomic mass is 10.1. The van der Waals surface area contributed by atoms with Crippen LogP contribution in [0.5, 0.6) is 0 Å². The van der Waals surface area contributed by atoms with E-state index in [1.54, 1.807) is 12.1 Å². The molecule has 1 atom stereocenters. The quantitative estimate of drug-likeness (QED) is 0.566. The van der Waals surface area contributed by atoms with Crippen LogP contribution in [0.4, 0.5) is 5.69 Å². The predicted molar refractivity (Wildman–Crippen MR) is 107 cm³/mol. The lowest BCUT2D eigenvalue weighted by Crippen LogP contribution is -2.26. The van der Waals surface area contributed by atoms with Crippen molar-refractivity contribution in [3.05, 3.63) is 41.3 Å². The van der Waals surface area contributed by atoms with E-state index in [1.807, 2.05) is 12.1 Å². The molecule has 10 heteroatoms. The Morgan fingerprint density at radius 1 is 1.22 bits per heavy atom. The summed E-state index contributed by atoms with van der Waals surface area (Å²) in [5.41, 5.74) is 1.29. The van der Waals surface area contributed by atoms with Crippen molar-refractivity contribution in [1.82, 2.24) is 5.32 Å². The summed E-state index contributed by atoms with van der Waals surface area (Å²) in [5.74, 6) is 0.813. The van der Waals surface area contributed by atoms with Crippen molar-refractivity contribution in [3.8, 4) is 0 Å². The van der Waals surface area contributed by atoms with E-state index in [4.69, 9.17) is 5.14 Å². The Balaban J connectivity index is 1.73. The number of thiophene rings is 1. The molecule has 0 radical (unpaired) electrons. The number of primary sulfonamides is 1. The van der Waals surface area contributed by atoms with Crippen molar-refractivity contribution < 1.29 is 16.8 Å². The Labute approximate surface area is 164 Å². The van der Waals surface area contributed by atoms with Gasteiger partial charge in [-0.25, -0.2) is 22.0 Å². The van der Waals surface area contributed by atoms with E-state index >= 15 is 0 Å². The molecule has 1 heterocycles. The van der Waals surface area contributed by atoms with Crippen LogP contribution in [0, 0.1) is 5.92 Å². The van der Waals surface area contributed by atoms with E-state index < -0.39 is 20.0 Å². The van der Waals surface area contributed by atoms with Gasteiger partial charge in [-0.2, -0.15) is 0 Å². The zero-order valence-electron chi connectivity index (χ0n) is 14.9. The average Bonchev–Trinajstić information content (AvgIpc) is 3.22. The second-order valence-electron chi connectivity index (χ2n) is 6.87. The van der Waals surface area contributed by atoms with Gasteiger partial charge >= 0.3 is 0 Å². The molecule has 7 nitrogen and oxygen atoms in total. The summed E-state index contributed by atoms with van der Waals surface area (Å²) in [5, 5.41) is 9.75. The molecule has 3 rings (SSSR count). The van der Waals surface area contributed by atoms with Crippen molar-refractivity contribution >= 4 is 37.1 Å². The highest BCUT2D eigenvalue weighted by Crippen LogP contribution is 2.33. The van der Waals surface area contributed by atoms with E-state index in [1.165, 1.54) is 18.2 Å². The third kappa shape index (κ3) is 5.52. The highest BCUT2D eigenvalue weighted by Gasteiger charge is 2.24. The number of anilines is 1. The Morgan fingerprint density at radius 2 is 1.93 bits per heavy atom. The maximum Gasteiger partial charge on any atom is 0.262 e. The number of nitrogens with two attached hydrogens (primary N) is 1. The minimum atomic E-state index is -3.93. The van der Waals surface area contributed by atoms with E-state index in [2.05, 4.69) is 17.0 Å². The van der Waals surface area contributed by atoms with Gasteiger partial charge in [0.1, 0.15) is 4.21 Å². The summed E-state index contributed by atoms with van der Waals surface area (Å²) < 4.78 is 50.4. The van der Waals surface area contributed by atoms with E-state index in [-0.39, 0.29) is 9.10 Å². The Kier molecular flexibility index (Phi) is 5.92. The van der Waals surface area contributed by atoms with Gasteiger partial charge in [-0.15, -0.1) is 11.3 Å². The summed E-state index contributed by atoms with van der Waals surface area (Å²) in [7, 11) is -7.84. The van der Waals surface area contributed by atoms with Gasteiger partial charge in [-0.3, -0.25) is 4.72 Å². The van der Waals surface area contributed by atoms with Gasteiger partial charge in [0.25, 0.3) is 10.0 Å². The number of hydrogen-bond donors (Lipinski definition) is 3. The number of nitrogens with one attached hydrogen (secondary N) is 2. The average molecular weight is 430 g/mol. The van der Waals surface area contributed by atoms with Crippen LogP contribution in [0.25, 0.3) is 0 Å². The van der Waals surface area contributed by atoms with Crippen molar-refractivity contribution in [1.29, 1.82) is 0 Å². The molecule has 4 N–H and O–H groups in total. The molecule has 1 unspecified atom stereocenters. The number of benzene rings is 1. The molecule has 1 aliphatic carbocycles. The Bertz CT molecular complexity index is 1010. The fourth-order valence-corrected chi connectivity index (χ4v) is 5.94. The molecule has 1 aliphatic rings. The van der Waals surface area contributed by atoms with E-state index in [9.17, 15) is 16.8 Å². The normalized spacial score (nSPS) is 16.2. The maximum atomic E-state index is 12.6. The number of sulfonamides is 2. The number of para-hydroxylation sites is 1. The highest BCUT2D eigenvalue weighted by atomic mass is 32.2. The lowest BCUT2D eigenvalue weighted by Gasteiger charge is -2.16. The van der Waals surface area contributed by atoms with E-state index in [0.29, 0.717) is 18.3 Å². The number of hydrogen-bond acceptors (Lipinski definition) is 6. The molecule has 0 bridgehead atoms. The molecule has 1 fully saturated rings. The summed E-state index contributed by atoms with van der Waals surface area (Å²) in [6.45, 7) is 2.67. The van der Waals surface area contributed by atoms with Crippen molar-refractivity contribution in [2.75, 3.05) is 4.72 Å². The van der Waals surface area contributed by atoms with Gasteiger partial charge in [0, 0.05) is 18.0 Å². The topological polar surface area (TPSA) is 118 Å². The maximum absolute atomic E-state index is 12.6. The smallest absolute Gasteiger partial charge is 0.262 e. The molecule has 27 heavy (non-hydrogen) atoms. The predicted octanol–water partition coefficient (Wildman–Crippen LogP) is 2.47. The van der Waals surface area contributed by atoms with Crippen LogP contribution in [0.15, 0.2) is 44.8 Å². The number of rotatable bonds is 9. The monoisotopic (exact) mass is 429 g/mol.